The minimum Gasteiger partial charge on any atom is -0.496 e. The fourth-order valence-corrected chi connectivity index (χ4v) is 4.01. The van der Waals surface area contributed by atoms with Gasteiger partial charge in [-0.3, -0.25) is 9.59 Å². The Morgan fingerprint density at radius 3 is 2.29 bits per heavy atom. The summed E-state index contributed by atoms with van der Waals surface area (Å²) in [7, 11) is 1.53. The number of hydrogen-bond donors (Lipinski definition) is 1. The van der Waals surface area contributed by atoms with Gasteiger partial charge in [-0.1, -0.05) is 38.1 Å². The number of nitrogens with one attached hydrogen (secondary N) is 1. The topological polar surface area (TPSA) is 61.9 Å². The predicted octanol–water partition coefficient (Wildman–Crippen LogP) is 3.42. The Morgan fingerprint density at radius 2 is 1.65 bits per heavy atom. The number of ether oxygens (including phenoxy) is 1. The van der Waals surface area contributed by atoms with Gasteiger partial charge in [0.2, 0.25) is 5.91 Å². The first-order valence-corrected chi connectivity index (χ1v) is 10.9. The number of rotatable bonds is 6. The molecule has 166 valence electrons. The molecule has 0 bridgehead atoms. The first kappa shape index (κ1) is 22.7. The second-order valence-corrected chi connectivity index (χ2v) is 8.43. The number of para-hydroxylation sites is 1. The molecule has 2 aromatic rings. The van der Waals surface area contributed by atoms with Gasteiger partial charge < -0.3 is 19.9 Å². The number of amides is 2. The van der Waals surface area contributed by atoms with Gasteiger partial charge in [0, 0.05) is 31.9 Å². The van der Waals surface area contributed by atoms with E-state index in [4.69, 9.17) is 4.74 Å². The normalized spacial score (nSPS) is 15.0. The minimum absolute atomic E-state index is 0.0248. The fraction of sp³-hybridized carbons (Fsp3) is 0.440. The minimum atomic E-state index is -0.579. The summed E-state index contributed by atoms with van der Waals surface area (Å²) in [5.41, 5.74) is 4.22. The molecule has 0 aliphatic carbocycles. The third-order valence-corrected chi connectivity index (χ3v) is 6.08. The van der Waals surface area contributed by atoms with Crippen LogP contribution in [0.1, 0.15) is 35.3 Å². The molecule has 1 saturated heterocycles. The molecule has 1 aliphatic rings. The van der Waals surface area contributed by atoms with Gasteiger partial charge >= 0.3 is 0 Å². The van der Waals surface area contributed by atoms with Crippen LogP contribution in [0.5, 0.6) is 5.75 Å². The highest BCUT2D eigenvalue weighted by atomic mass is 16.5. The highest BCUT2D eigenvalue weighted by Crippen LogP contribution is 2.24. The second kappa shape index (κ2) is 9.86. The predicted molar refractivity (Wildman–Crippen MR) is 124 cm³/mol. The van der Waals surface area contributed by atoms with Crippen molar-refractivity contribution in [1.29, 1.82) is 0 Å². The Kier molecular flexibility index (Phi) is 7.21. The number of benzene rings is 2. The van der Waals surface area contributed by atoms with Crippen LogP contribution in [0.2, 0.25) is 0 Å². The lowest BCUT2D eigenvalue weighted by atomic mass is 10.0. The first-order chi connectivity index (χ1) is 14.8. The van der Waals surface area contributed by atoms with Crippen molar-refractivity contribution >= 4 is 17.5 Å². The Hall–Kier alpha value is -3.02. The zero-order chi connectivity index (χ0) is 22.5. The molecule has 0 spiro atoms. The maximum atomic E-state index is 13.3. The Labute approximate surface area is 185 Å². The molecule has 2 aromatic carbocycles. The molecular formula is C25H33N3O3. The van der Waals surface area contributed by atoms with Gasteiger partial charge in [0.25, 0.3) is 5.91 Å². The quantitative estimate of drug-likeness (QED) is 0.773. The van der Waals surface area contributed by atoms with Crippen molar-refractivity contribution in [3.05, 3.63) is 59.2 Å². The standard InChI is InChI=1S/C25H33N3O3/c1-17(2)23(26-24(29)20-10-6-7-12-22(20)31-5)25(30)28-15-13-27(14-16-28)21-11-8-9-18(3)19(21)4/h6-12,17,23H,13-16H2,1-5H3,(H,26,29). The maximum absolute atomic E-state index is 13.3. The van der Waals surface area contributed by atoms with Crippen molar-refractivity contribution in [1.82, 2.24) is 10.2 Å². The van der Waals surface area contributed by atoms with Gasteiger partial charge in [-0.2, -0.15) is 0 Å². The van der Waals surface area contributed by atoms with Gasteiger partial charge in [0.1, 0.15) is 11.8 Å². The summed E-state index contributed by atoms with van der Waals surface area (Å²) in [6.45, 7) is 11.0. The number of aryl methyl sites for hydroxylation is 1. The number of carbonyl (C=O) groups excluding carboxylic acids is 2. The number of methoxy groups -OCH3 is 1. The smallest absolute Gasteiger partial charge is 0.255 e. The van der Waals surface area contributed by atoms with Gasteiger partial charge in [-0.25, -0.2) is 0 Å². The van der Waals surface area contributed by atoms with Crippen molar-refractivity contribution in [3.63, 3.8) is 0 Å². The fourth-order valence-electron chi connectivity index (χ4n) is 4.01. The molecule has 0 aromatic heterocycles. The third kappa shape index (κ3) is 5.01. The van der Waals surface area contributed by atoms with Crippen LogP contribution in [0.15, 0.2) is 42.5 Å². The summed E-state index contributed by atoms with van der Waals surface area (Å²) < 4.78 is 5.30. The van der Waals surface area contributed by atoms with E-state index in [1.54, 1.807) is 18.2 Å². The lowest BCUT2D eigenvalue weighted by Crippen LogP contribution is -2.56. The Morgan fingerprint density at radius 1 is 0.968 bits per heavy atom. The van der Waals surface area contributed by atoms with Crippen LogP contribution < -0.4 is 15.0 Å². The summed E-state index contributed by atoms with van der Waals surface area (Å²) in [6, 6.07) is 12.8. The van der Waals surface area contributed by atoms with Crippen molar-refractivity contribution in [3.8, 4) is 5.75 Å². The van der Waals surface area contributed by atoms with Crippen LogP contribution in [-0.4, -0.2) is 56.0 Å². The van der Waals surface area contributed by atoms with E-state index in [1.165, 1.54) is 23.9 Å². The molecule has 0 saturated carbocycles. The molecule has 1 unspecified atom stereocenters. The summed E-state index contributed by atoms with van der Waals surface area (Å²) >= 11 is 0. The van der Waals surface area contributed by atoms with Crippen LogP contribution in [0.4, 0.5) is 5.69 Å². The second-order valence-electron chi connectivity index (χ2n) is 8.43. The van der Waals surface area contributed by atoms with Crippen molar-refractivity contribution in [2.75, 3.05) is 38.2 Å². The summed E-state index contributed by atoms with van der Waals surface area (Å²) in [5, 5.41) is 2.94. The largest absolute Gasteiger partial charge is 0.496 e. The Bertz CT molecular complexity index is 933. The number of hydrogen-bond acceptors (Lipinski definition) is 4. The van der Waals surface area contributed by atoms with E-state index in [-0.39, 0.29) is 17.7 Å². The lowest BCUT2D eigenvalue weighted by Gasteiger charge is -2.39. The molecular weight excluding hydrogens is 390 g/mol. The highest BCUT2D eigenvalue weighted by molar-refractivity contribution is 5.99. The maximum Gasteiger partial charge on any atom is 0.255 e. The van der Waals surface area contributed by atoms with Gasteiger partial charge in [0.15, 0.2) is 0 Å². The van der Waals surface area contributed by atoms with Crippen molar-refractivity contribution in [2.45, 2.75) is 33.7 Å². The van der Waals surface area contributed by atoms with Crippen LogP contribution in [0, 0.1) is 19.8 Å². The summed E-state index contributed by atoms with van der Waals surface area (Å²) in [5.74, 6) is 0.151. The van der Waals surface area contributed by atoms with Gasteiger partial charge in [0.05, 0.1) is 12.7 Å². The molecule has 1 aliphatic heterocycles. The zero-order valence-electron chi connectivity index (χ0n) is 19.1. The van der Waals surface area contributed by atoms with E-state index < -0.39 is 6.04 Å². The number of nitrogens with zero attached hydrogens (tertiary/aromatic N) is 2. The molecule has 3 rings (SSSR count). The van der Waals surface area contributed by atoms with Gasteiger partial charge in [-0.05, 0) is 49.1 Å². The van der Waals surface area contributed by atoms with E-state index in [0.717, 1.165) is 13.1 Å². The van der Waals surface area contributed by atoms with E-state index in [0.29, 0.717) is 24.4 Å². The monoisotopic (exact) mass is 423 g/mol. The lowest BCUT2D eigenvalue weighted by molar-refractivity contribution is -0.134. The number of piperazine rings is 1. The van der Waals surface area contributed by atoms with Crippen LogP contribution in [0.25, 0.3) is 0 Å². The van der Waals surface area contributed by atoms with Crippen LogP contribution in [-0.2, 0) is 4.79 Å². The van der Waals surface area contributed by atoms with E-state index >= 15 is 0 Å². The van der Waals surface area contributed by atoms with Crippen LogP contribution in [0.3, 0.4) is 0 Å². The highest BCUT2D eigenvalue weighted by Gasteiger charge is 2.31. The molecule has 6 nitrogen and oxygen atoms in total. The van der Waals surface area contributed by atoms with Gasteiger partial charge in [-0.15, -0.1) is 0 Å². The first-order valence-electron chi connectivity index (χ1n) is 10.9. The zero-order valence-corrected chi connectivity index (χ0v) is 19.1. The third-order valence-electron chi connectivity index (χ3n) is 6.08. The summed E-state index contributed by atoms with van der Waals surface area (Å²) in [4.78, 5) is 30.4. The number of anilines is 1. The molecule has 2 amide bonds. The summed E-state index contributed by atoms with van der Waals surface area (Å²) in [6.07, 6.45) is 0. The molecule has 6 heteroatoms. The molecule has 0 radical (unpaired) electrons. The molecule has 31 heavy (non-hydrogen) atoms. The number of carbonyl (C=O) groups is 2. The van der Waals surface area contributed by atoms with E-state index in [1.807, 2.05) is 24.8 Å². The molecule has 1 heterocycles. The molecule has 1 atom stereocenters. The van der Waals surface area contributed by atoms with E-state index in [9.17, 15) is 9.59 Å². The molecule has 1 fully saturated rings. The SMILES string of the molecule is COc1ccccc1C(=O)NC(C(=O)N1CCN(c2cccc(C)c2C)CC1)C(C)C. The Balaban J connectivity index is 1.67. The average Bonchev–Trinajstić information content (AvgIpc) is 2.78. The molecule has 1 N–H and O–H groups in total. The van der Waals surface area contributed by atoms with E-state index in [2.05, 4.69) is 42.3 Å². The van der Waals surface area contributed by atoms with Crippen molar-refractivity contribution in [2.24, 2.45) is 5.92 Å². The van der Waals surface area contributed by atoms with Crippen LogP contribution >= 0.6 is 0 Å². The van der Waals surface area contributed by atoms with Crippen molar-refractivity contribution < 1.29 is 14.3 Å². The average molecular weight is 424 g/mol.